The number of halogens is 2. The lowest BCUT2D eigenvalue weighted by molar-refractivity contribution is -0.113. The van der Waals surface area contributed by atoms with Gasteiger partial charge in [-0.25, -0.2) is 8.78 Å². The molecule has 0 spiro atoms. The Morgan fingerprint density at radius 2 is 1.88 bits per heavy atom. The molecule has 0 radical (unpaired) electrons. The van der Waals surface area contributed by atoms with Crippen LogP contribution in [0.4, 0.5) is 14.5 Å². The number of benzene rings is 1. The molecule has 0 aliphatic heterocycles. The number of nitrogens with one attached hydrogen (secondary N) is 2. The minimum atomic E-state index is -3.20. The predicted octanol–water partition coefficient (Wildman–Crippen LogP) is 4.67. The van der Waals surface area contributed by atoms with Crippen molar-refractivity contribution in [3.8, 4) is 5.75 Å². The Hall–Kier alpha value is -3.62. The summed E-state index contributed by atoms with van der Waals surface area (Å²) in [5.74, 6) is -3.72. The second-order valence-electron chi connectivity index (χ2n) is 8.92. The van der Waals surface area contributed by atoms with E-state index in [0.717, 1.165) is 31.8 Å². The number of amides is 1. The van der Waals surface area contributed by atoms with E-state index < -0.39 is 17.9 Å². The molecule has 0 saturated heterocycles. The van der Waals surface area contributed by atoms with E-state index in [1.165, 1.54) is 23.1 Å². The molecule has 4 rings (SSSR count). The van der Waals surface area contributed by atoms with E-state index in [1.807, 2.05) is 0 Å². The van der Waals surface area contributed by atoms with Crippen molar-refractivity contribution >= 4 is 17.4 Å². The molecule has 1 amide bonds. The highest BCUT2D eigenvalue weighted by molar-refractivity contribution is 6.22. The van der Waals surface area contributed by atoms with E-state index in [2.05, 4.69) is 10.6 Å². The molecule has 1 aromatic carbocycles. The Morgan fingerprint density at radius 3 is 2.41 bits per heavy atom. The topological polar surface area (TPSA) is 94.8 Å². The fraction of sp³-hybridized carbons (Fsp3) is 0.360. The average Bonchev–Trinajstić information content (AvgIpc) is 3.15. The van der Waals surface area contributed by atoms with Crippen LogP contribution in [0.3, 0.4) is 0 Å². The number of aromatic hydroxyl groups is 1. The van der Waals surface area contributed by atoms with Gasteiger partial charge in [-0.1, -0.05) is 11.6 Å². The minimum absolute atomic E-state index is 0.0515. The summed E-state index contributed by atoms with van der Waals surface area (Å²) in [6, 6.07) is 6.12. The lowest BCUT2D eigenvalue weighted by Crippen LogP contribution is -2.42. The second-order valence-corrected chi connectivity index (χ2v) is 8.92. The molecule has 2 aliphatic carbocycles. The molecule has 1 aromatic heterocycles. The van der Waals surface area contributed by atoms with Gasteiger partial charge in [-0.3, -0.25) is 9.59 Å². The van der Waals surface area contributed by atoms with Gasteiger partial charge >= 0.3 is 0 Å². The van der Waals surface area contributed by atoms with E-state index in [0.29, 0.717) is 11.3 Å². The monoisotopic (exact) mass is 471 g/mol. The summed E-state index contributed by atoms with van der Waals surface area (Å²) >= 11 is 0. The number of aryl methyl sites for hydroxylation is 1. The number of alkyl halides is 2. The van der Waals surface area contributed by atoms with Crippen molar-refractivity contribution in [1.29, 1.82) is 0 Å². The highest BCUT2D eigenvalue weighted by atomic mass is 19.3. The number of furan rings is 1. The molecule has 3 N–H and O–H groups in total. The number of phenolic OH excluding ortho intramolecular Hbond substituents is 1. The first-order valence-corrected chi connectivity index (χ1v) is 11.0. The third kappa shape index (κ3) is 4.18. The first kappa shape index (κ1) is 23.5. The molecule has 9 heteroatoms. The van der Waals surface area contributed by atoms with Crippen LogP contribution < -0.4 is 10.6 Å². The molecule has 34 heavy (non-hydrogen) atoms. The van der Waals surface area contributed by atoms with E-state index in [9.17, 15) is 23.5 Å². The summed E-state index contributed by atoms with van der Waals surface area (Å²) < 4.78 is 34.7. The zero-order chi connectivity index (χ0) is 24.8. The Balaban J connectivity index is 1.75. The summed E-state index contributed by atoms with van der Waals surface area (Å²) in [6.45, 7) is 2.45. The summed E-state index contributed by atoms with van der Waals surface area (Å²) in [6.07, 6.45) is 2.39. The number of carbonyl (C=O) groups is 2. The van der Waals surface area contributed by atoms with Crippen LogP contribution in [-0.4, -0.2) is 41.7 Å². The van der Waals surface area contributed by atoms with Gasteiger partial charge < -0.3 is 25.1 Å². The van der Waals surface area contributed by atoms with Crippen molar-refractivity contribution in [2.24, 2.45) is 0 Å². The number of Topliss-reactive ketones (excluding diaryl/α,β-unsaturated/α-hetero) is 1. The summed E-state index contributed by atoms with van der Waals surface area (Å²) in [7, 11) is 3.11. The number of ketones is 1. The van der Waals surface area contributed by atoms with Gasteiger partial charge in [0.25, 0.3) is 11.8 Å². The minimum Gasteiger partial charge on any atom is -0.505 e. The van der Waals surface area contributed by atoms with Crippen molar-refractivity contribution in [2.45, 2.75) is 45.1 Å². The lowest BCUT2D eigenvalue weighted by Gasteiger charge is -2.36. The first-order valence-electron chi connectivity index (χ1n) is 11.0. The van der Waals surface area contributed by atoms with Gasteiger partial charge in [0.15, 0.2) is 5.75 Å². The molecular weight excluding hydrogens is 444 g/mol. The van der Waals surface area contributed by atoms with Crippen molar-refractivity contribution in [2.75, 3.05) is 19.4 Å². The fourth-order valence-electron chi connectivity index (χ4n) is 4.01. The molecule has 2 aromatic rings. The molecule has 7 nitrogen and oxygen atoms in total. The Kier molecular flexibility index (Phi) is 5.97. The fourth-order valence-corrected chi connectivity index (χ4v) is 4.01. The largest absolute Gasteiger partial charge is 0.505 e. The number of rotatable bonds is 7. The molecule has 0 unspecified atom stereocenters. The van der Waals surface area contributed by atoms with E-state index in [-0.39, 0.29) is 39.9 Å². The maximum absolute atomic E-state index is 14.6. The third-order valence-corrected chi connectivity index (χ3v) is 6.04. The second kappa shape index (κ2) is 8.62. The average molecular weight is 472 g/mol. The van der Waals surface area contributed by atoms with Crippen LogP contribution in [0.1, 0.15) is 54.1 Å². The van der Waals surface area contributed by atoms with E-state index >= 15 is 0 Å². The number of nitrogens with zero attached hydrogens (tertiary/aromatic N) is 1. The van der Waals surface area contributed by atoms with Crippen molar-refractivity contribution in [1.82, 2.24) is 10.2 Å². The Morgan fingerprint density at radius 1 is 1.18 bits per heavy atom. The lowest BCUT2D eigenvalue weighted by atomic mass is 9.78. The van der Waals surface area contributed by atoms with Gasteiger partial charge in [0.05, 0.1) is 16.9 Å². The first-order chi connectivity index (χ1) is 16.0. The van der Waals surface area contributed by atoms with Gasteiger partial charge in [-0.05, 0) is 50.5 Å². The predicted molar refractivity (Wildman–Crippen MR) is 123 cm³/mol. The zero-order valence-corrected chi connectivity index (χ0v) is 19.5. The summed E-state index contributed by atoms with van der Waals surface area (Å²) in [5, 5.41) is 16.4. The van der Waals surface area contributed by atoms with Crippen LogP contribution in [0.2, 0.25) is 0 Å². The van der Waals surface area contributed by atoms with E-state index in [1.54, 1.807) is 33.2 Å². The third-order valence-electron chi connectivity index (χ3n) is 6.04. The van der Waals surface area contributed by atoms with Crippen molar-refractivity contribution < 1.29 is 27.9 Å². The Bertz CT molecular complexity index is 1210. The molecule has 0 bridgehead atoms. The molecule has 180 valence electrons. The molecule has 1 saturated carbocycles. The molecular formula is C25H27F2N3O4. The molecule has 1 heterocycles. The maximum Gasteiger partial charge on any atom is 0.272 e. The number of phenols is 1. The van der Waals surface area contributed by atoms with Crippen molar-refractivity contribution in [3.05, 3.63) is 70.0 Å². The number of allylic oxidation sites excluding steroid dienone is 3. The van der Waals surface area contributed by atoms with Gasteiger partial charge in [-0.15, -0.1) is 0 Å². The SMILES string of the molecule is Cc1ccc([C@H](NC2=C(Nc3cccc(C(=O)N(C)C)c3O)C(=O)C2=C2CCC2)C(C)(F)F)o1. The van der Waals surface area contributed by atoms with Gasteiger partial charge in [0.2, 0.25) is 5.78 Å². The quantitative estimate of drug-likeness (QED) is 0.401. The molecule has 1 atom stereocenters. The standard InChI is InChI=1S/C25H27F2N3O4/c1-13-11-12-17(34-13)23(25(2,26)27)29-19-18(14-7-5-8-14)22(32)20(19)28-16-10-6-9-15(21(16)31)24(33)30(3)4/h6,9-12,23,28-29,31H,5,7-8H2,1-4H3/t23-/m0/s1. The van der Waals surface area contributed by atoms with Crippen LogP contribution in [-0.2, 0) is 4.79 Å². The van der Waals surface area contributed by atoms with Crippen LogP contribution >= 0.6 is 0 Å². The highest BCUT2D eigenvalue weighted by Gasteiger charge is 2.44. The van der Waals surface area contributed by atoms with Gasteiger partial charge in [0.1, 0.15) is 23.3 Å². The highest BCUT2D eigenvalue weighted by Crippen LogP contribution is 2.43. The van der Waals surface area contributed by atoms with E-state index in [4.69, 9.17) is 4.42 Å². The number of carbonyl (C=O) groups excluding carboxylic acids is 2. The van der Waals surface area contributed by atoms with Crippen LogP contribution in [0.25, 0.3) is 0 Å². The van der Waals surface area contributed by atoms with Crippen molar-refractivity contribution in [3.63, 3.8) is 0 Å². The van der Waals surface area contributed by atoms with Gasteiger partial charge in [-0.2, -0.15) is 0 Å². The number of hydrogen-bond acceptors (Lipinski definition) is 6. The van der Waals surface area contributed by atoms with Gasteiger partial charge in [0, 0.05) is 26.6 Å². The normalized spacial score (nSPS) is 16.7. The number of hydrogen-bond donors (Lipinski definition) is 3. The number of anilines is 1. The summed E-state index contributed by atoms with van der Waals surface area (Å²) in [5.41, 5.74) is 1.79. The zero-order valence-electron chi connectivity index (χ0n) is 19.5. The molecule has 2 aliphatic rings. The molecule has 1 fully saturated rings. The summed E-state index contributed by atoms with van der Waals surface area (Å²) in [4.78, 5) is 26.7. The van der Waals surface area contributed by atoms with Crippen LogP contribution in [0, 0.1) is 6.92 Å². The van der Waals surface area contributed by atoms with Crippen LogP contribution in [0.15, 0.2) is 57.3 Å². The van der Waals surface area contributed by atoms with Crippen LogP contribution in [0.5, 0.6) is 5.75 Å². The Labute approximate surface area is 196 Å². The maximum atomic E-state index is 14.6. The smallest absolute Gasteiger partial charge is 0.272 e. The number of para-hydroxylation sites is 1.